The van der Waals surface area contributed by atoms with Crippen LogP contribution in [-0.2, 0) is 14.4 Å². The maximum Gasteiger partial charge on any atom is 0.251 e. The van der Waals surface area contributed by atoms with Crippen molar-refractivity contribution < 1.29 is 23.9 Å². The zero-order valence-electron chi connectivity index (χ0n) is 12.3. The van der Waals surface area contributed by atoms with Crippen molar-refractivity contribution in [3.8, 4) is 5.75 Å². The van der Waals surface area contributed by atoms with Gasteiger partial charge in [0.15, 0.2) is 12.1 Å². The van der Waals surface area contributed by atoms with E-state index in [0.717, 1.165) is 23.7 Å². The number of ether oxygens (including phenoxy) is 2. The van der Waals surface area contributed by atoms with Gasteiger partial charge in [0.2, 0.25) is 0 Å². The van der Waals surface area contributed by atoms with Crippen LogP contribution in [-0.4, -0.2) is 31.7 Å². The lowest BCUT2D eigenvalue weighted by atomic mass is 10.1. The van der Waals surface area contributed by atoms with Crippen LogP contribution in [0.25, 0.3) is 0 Å². The molecule has 0 radical (unpaired) electrons. The molecule has 1 fully saturated rings. The largest absolute Gasteiger partial charge is 0.496 e. The molecule has 1 N–H and O–H groups in total. The van der Waals surface area contributed by atoms with E-state index in [1.807, 2.05) is 0 Å². The van der Waals surface area contributed by atoms with Gasteiger partial charge in [-0.25, -0.2) is 10.3 Å². The molecule has 7 heteroatoms. The van der Waals surface area contributed by atoms with Gasteiger partial charge in [-0.1, -0.05) is 15.9 Å². The van der Waals surface area contributed by atoms with Crippen molar-refractivity contribution in [3.63, 3.8) is 0 Å². The summed E-state index contributed by atoms with van der Waals surface area (Å²) in [7, 11) is 1.47. The number of halogens is 1. The lowest BCUT2D eigenvalue weighted by Crippen LogP contribution is -2.34. The van der Waals surface area contributed by atoms with E-state index in [2.05, 4.69) is 21.4 Å². The highest BCUT2D eigenvalue weighted by atomic mass is 79.9. The number of carbonyl (C=O) groups excluding carboxylic acids is 2. The van der Waals surface area contributed by atoms with Gasteiger partial charge in [-0.3, -0.25) is 9.59 Å². The van der Waals surface area contributed by atoms with E-state index in [-0.39, 0.29) is 12.2 Å². The fraction of sp³-hybridized carbons (Fsp3) is 0.467. The van der Waals surface area contributed by atoms with Crippen molar-refractivity contribution in [1.29, 1.82) is 0 Å². The molecule has 0 spiro atoms. The first-order valence-corrected chi connectivity index (χ1v) is 7.82. The monoisotopic (exact) mass is 371 g/mol. The van der Waals surface area contributed by atoms with E-state index in [1.54, 1.807) is 18.2 Å². The van der Waals surface area contributed by atoms with Crippen molar-refractivity contribution in [2.45, 2.75) is 32.0 Å². The Morgan fingerprint density at radius 2 is 2.23 bits per heavy atom. The SMILES string of the molecule is COc1cc(Br)ccc1C(=O)CC(=O)NOC1CCCCO1. The summed E-state index contributed by atoms with van der Waals surface area (Å²) in [4.78, 5) is 29.1. The van der Waals surface area contributed by atoms with Gasteiger partial charge in [-0.15, -0.1) is 0 Å². The first kappa shape index (κ1) is 16.9. The average molecular weight is 372 g/mol. The third kappa shape index (κ3) is 4.79. The number of hydrogen-bond donors (Lipinski definition) is 1. The number of rotatable bonds is 6. The van der Waals surface area contributed by atoms with Gasteiger partial charge in [0.05, 0.1) is 19.1 Å². The average Bonchev–Trinajstić information content (AvgIpc) is 2.53. The predicted molar refractivity (Wildman–Crippen MR) is 82.5 cm³/mol. The van der Waals surface area contributed by atoms with Crippen LogP contribution in [0.5, 0.6) is 5.75 Å². The first-order chi connectivity index (χ1) is 10.6. The molecule has 0 saturated carbocycles. The van der Waals surface area contributed by atoms with Crippen molar-refractivity contribution in [2.24, 2.45) is 0 Å². The van der Waals surface area contributed by atoms with Crippen LogP contribution < -0.4 is 10.2 Å². The van der Waals surface area contributed by atoms with Crippen LogP contribution in [0.1, 0.15) is 36.0 Å². The zero-order chi connectivity index (χ0) is 15.9. The number of carbonyl (C=O) groups is 2. The summed E-state index contributed by atoms with van der Waals surface area (Å²) in [5, 5.41) is 0. The Labute approximate surface area is 137 Å². The Kier molecular flexibility index (Phi) is 6.35. The predicted octanol–water partition coefficient (Wildman–Crippen LogP) is 2.60. The van der Waals surface area contributed by atoms with Crippen molar-refractivity contribution in [3.05, 3.63) is 28.2 Å². The lowest BCUT2D eigenvalue weighted by molar-refractivity contribution is -0.200. The van der Waals surface area contributed by atoms with Crippen LogP contribution in [0.2, 0.25) is 0 Å². The molecule has 0 aromatic heterocycles. The summed E-state index contributed by atoms with van der Waals surface area (Å²) < 4.78 is 11.3. The summed E-state index contributed by atoms with van der Waals surface area (Å²) in [5.74, 6) is -0.428. The minimum absolute atomic E-state index is 0.315. The van der Waals surface area contributed by atoms with E-state index >= 15 is 0 Å². The van der Waals surface area contributed by atoms with Gasteiger partial charge < -0.3 is 9.47 Å². The second kappa shape index (κ2) is 8.26. The Bertz CT molecular complexity index is 543. The highest BCUT2D eigenvalue weighted by Crippen LogP contribution is 2.24. The van der Waals surface area contributed by atoms with Gasteiger partial charge >= 0.3 is 0 Å². The number of hydroxylamine groups is 1. The second-order valence-corrected chi connectivity index (χ2v) is 5.80. The van der Waals surface area contributed by atoms with Crippen LogP contribution in [0, 0.1) is 0 Å². The molecule has 1 amide bonds. The minimum atomic E-state index is -0.510. The molecule has 6 nitrogen and oxygen atoms in total. The Hall–Kier alpha value is -1.44. The van der Waals surface area contributed by atoms with E-state index < -0.39 is 12.2 Å². The molecular formula is C15H18BrNO5. The summed E-state index contributed by atoms with van der Waals surface area (Å²) in [6.07, 6.45) is 1.97. The normalized spacial score (nSPS) is 17.8. The van der Waals surface area contributed by atoms with E-state index in [0.29, 0.717) is 17.9 Å². The fourth-order valence-electron chi connectivity index (χ4n) is 2.11. The van der Waals surface area contributed by atoms with Crippen LogP contribution in [0.4, 0.5) is 0 Å². The smallest absolute Gasteiger partial charge is 0.251 e. The Morgan fingerprint density at radius 3 is 2.91 bits per heavy atom. The van der Waals surface area contributed by atoms with Gasteiger partial charge in [-0.2, -0.15) is 0 Å². The van der Waals surface area contributed by atoms with Crippen LogP contribution in [0.3, 0.4) is 0 Å². The third-order valence-corrected chi connectivity index (χ3v) is 3.72. The van der Waals surface area contributed by atoms with Crippen molar-refractivity contribution >= 4 is 27.6 Å². The summed E-state index contributed by atoms with van der Waals surface area (Å²) in [6, 6.07) is 5.02. The topological polar surface area (TPSA) is 73.9 Å². The number of nitrogens with one attached hydrogen (secondary N) is 1. The van der Waals surface area contributed by atoms with Crippen molar-refractivity contribution in [2.75, 3.05) is 13.7 Å². The maximum atomic E-state index is 12.2. The zero-order valence-corrected chi connectivity index (χ0v) is 13.9. The van der Waals surface area contributed by atoms with Gasteiger partial charge in [0, 0.05) is 17.5 Å². The molecular weight excluding hydrogens is 354 g/mol. The molecule has 1 aromatic rings. The molecule has 1 saturated heterocycles. The second-order valence-electron chi connectivity index (χ2n) is 4.88. The van der Waals surface area contributed by atoms with E-state index in [4.69, 9.17) is 14.3 Å². The van der Waals surface area contributed by atoms with Gasteiger partial charge in [0.1, 0.15) is 5.75 Å². The first-order valence-electron chi connectivity index (χ1n) is 7.03. The number of methoxy groups -OCH3 is 1. The molecule has 2 rings (SSSR count). The standard InChI is InChI=1S/C15H18BrNO5/c1-20-13-8-10(16)5-6-11(13)12(18)9-14(19)17-22-15-4-2-3-7-21-15/h5-6,8,15H,2-4,7,9H2,1H3,(H,17,19). The quantitative estimate of drug-likeness (QED) is 0.472. The maximum absolute atomic E-state index is 12.2. The molecule has 1 heterocycles. The number of hydrogen-bond acceptors (Lipinski definition) is 5. The summed E-state index contributed by atoms with van der Waals surface area (Å²) in [6.45, 7) is 0.621. The van der Waals surface area contributed by atoms with E-state index in [9.17, 15) is 9.59 Å². The number of Topliss-reactive ketones (excluding diaryl/α,β-unsaturated/α-hetero) is 1. The van der Waals surface area contributed by atoms with Crippen molar-refractivity contribution in [1.82, 2.24) is 5.48 Å². The van der Waals surface area contributed by atoms with Gasteiger partial charge in [0.25, 0.3) is 5.91 Å². The number of ketones is 1. The summed E-state index contributed by atoms with van der Waals surface area (Å²) in [5.41, 5.74) is 2.62. The lowest BCUT2D eigenvalue weighted by Gasteiger charge is -2.22. The molecule has 1 aliphatic heterocycles. The van der Waals surface area contributed by atoms with Crippen LogP contribution in [0.15, 0.2) is 22.7 Å². The minimum Gasteiger partial charge on any atom is -0.496 e. The fourth-order valence-corrected chi connectivity index (χ4v) is 2.45. The highest BCUT2D eigenvalue weighted by molar-refractivity contribution is 9.10. The highest BCUT2D eigenvalue weighted by Gasteiger charge is 2.19. The summed E-state index contributed by atoms with van der Waals surface area (Å²) >= 11 is 3.30. The Morgan fingerprint density at radius 1 is 1.41 bits per heavy atom. The van der Waals surface area contributed by atoms with Crippen LogP contribution >= 0.6 is 15.9 Å². The molecule has 1 aliphatic rings. The molecule has 1 unspecified atom stereocenters. The number of benzene rings is 1. The number of amides is 1. The molecule has 0 bridgehead atoms. The molecule has 1 aromatic carbocycles. The Balaban J connectivity index is 1.86. The molecule has 22 heavy (non-hydrogen) atoms. The molecule has 120 valence electrons. The van der Waals surface area contributed by atoms with Gasteiger partial charge in [-0.05, 0) is 31.0 Å². The third-order valence-electron chi connectivity index (χ3n) is 3.23. The van der Waals surface area contributed by atoms with E-state index in [1.165, 1.54) is 7.11 Å². The molecule has 1 atom stereocenters. The molecule has 0 aliphatic carbocycles.